The first kappa shape index (κ1) is 25.4. The van der Waals surface area contributed by atoms with Crippen molar-refractivity contribution in [1.29, 1.82) is 0 Å². The molecule has 202 valence electrons. The molecule has 0 aliphatic rings. The van der Waals surface area contributed by atoms with Crippen molar-refractivity contribution in [3.8, 4) is 56.2 Å². The maximum absolute atomic E-state index is 12.6. The number of benzene rings is 5. The molecule has 5 aromatic carbocycles. The summed E-state index contributed by atoms with van der Waals surface area (Å²) in [6.45, 7) is 0. The molecular weight excluding hydrogens is 516 g/mol. The molecule has 0 spiro atoms. The van der Waals surface area contributed by atoms with Crippen LogP contribution >= 0.6 is 0 Å². The van der Waals surface area contributed by atoms with Gasteiger partial charge < -0.3 is 0 Å². The van der Waals surface area contributed by atoms with Gasteiger partial charge in [-0.2, -0.15) is 0 Å². The van der Waals surface area contributed by atoms with Gasteiger partial charge in [-0.25, -0.2) is 14.8 Å². The van der Waals surface area contributed by atoms with Crippen LogP contribution in [0, 0.1) is 0 Å². The van der Waals surface area contributed by atoms with E-state index in [0.717, 1.165) is 55.8 Å². The summed E-state index contributed by atoms with van der Waals surface area (Å²) >= 11 is 0. The van der Waals surface area contributed by atoms with Crippen molar-refractivity contribution in [3.05, 3.63) is 144 Å². The lowest BCUT2D eigenvalue weighted by atomic mass is 10.0. The molecule has 0 N–H and O–H groups in total. The second kappa shape index (κ2) is 10.5. The van der Waals surface area contributed by atoms with Crippen molar-refractivity contribution >= 4 is 11.0 Å². The van der Waals surface area contributed by atoms with Gasteiger partial charge in [0.1, 0.15) is 0 Å². The number of para-hydroxylation sites is 1. The van der Waals surface area contributed by atoms with Crippen LogP contribution in [-0.2, 0) is 14.1 Å². The number of nitrogens with zero attached hydrogens (tertiary/aromatic N) is 4. The van der Waals surface area contributed by atoms with E-state index in [4.69, 9.17) is 9.97 Å². The van der Waals surface area contributed by atoms with E-state index in [1.54, 1.807) is 9.13 Å². The fourth-order valence-corrected chi connectivity index (χ4v) is 5.56. The van der Waals surface area contributed by atoms with Gasteiger partial charge in [0.25, 0.3) is 0 Å². The van der Waals surface area contributed by atoms with Crippen LogP contribution in [-0.4, -0.2) is 19.1 Å². The van der Waals surface area contributed by atoms with Gasteiger partial charge in [-0.15, -0.1) is 0 Å². The van der Waals surface area contributed by atoms with Crippen molar-refractivity contribution in [1.82, 2.24) is 19.1 Å². The van der Waals surface area contributed by atoms with Gasteiger partial charge in [0, 0.05) is 36.3 Å². The first-order valence-corrected chi connectivity index (χ1v) is 13.9. The number of aryl methyl sites for hydroxylation is 2. The highest BCUT2D eigenvalue weighted by molar-refractivity contribution is 5.93. The molecule has 0 aliphatic carbocycles. The first-order chi connectivity index (χ1) is 20.6. The molecule has 0 saturated carbocycles. The summed E-state index contributed by atoms with van der Waals surface area (Å²) in [7, 11) is 3.63. The molecule has 7 rings (SSSR count). The lowest BCUT2D eigenvalue weighted by molar-refractivity contribution is 0.795. The molecule has 0 atom stereocenters. The second-order valence-electron chi connectivity index (χ2n) is 10.4. The van der Waals surface area contributed by atoms with Crippen LogP contribution < -0.4 is 5.69 Å². The maximum Gasteiger partial charge on any atom is 0.328 e. The molecule has 0 unspecified atom stereocenters. The Balaban J connectivity index is 1.30. The van der Waals surface area contributed by atoms with Crippen LogP contribution in [0.15, 0.2) is 138 Å². The zero-order chi connectivity index (χ0) is 28.6. The van der Waals surface area contributed by atoms with Gasteiger partial charge in [0.05, 0.1) is 22.4 Å². The quantitative estimate of drug-likeness (QED) is 0.221. The SMILES string of the molecule is Cn1c(=O)n(C)c2c(-c3ccc(-c4cc(-c5ccccc5)nc(-c5ccc(-c6ccccc6)cc5)n4)cc3)cccc21. The molecule has 0 bridgehead atoms. The highest BCUT2D eigenvalue weighted by Gasteiger charge is 2.14. The van der Waals surface area contributed by atoms with E-state index >= 15 is 0 Å². The maximum atomic E-state index is 12.6. The molecule has 0 saturated heterocycles. The zero-order valence-corrected chi connectivity index (χ0v) is 23.4. The van der Waals surface area contributed by atoms with Gasteiger partial charge in [-0.3, -0.25) is 9.13 Å². The summed E-state index contributed by atoms with van der Waals surface area (Å²) in [5.74, 6) is 0.680. The van der Waals surface area contributed by atoms with Crippen molar-refractivity contribution in [2.45, 2.75) is 0 Å². The lowest BCUT2D eigenvalue weighted by Gasteiger charge is -2.11. The average molecular weight is 545 g/mol. The fourth-order valence-electron chi connectivity index (χ4n) is 5.56. The fraction of sp³-hybridized carbons (Fsp3) is 0.0541. The predicted octanol–water partition coefficient (Wildman–Crippen LogP) is 8.00. The molecule has 0 fully saturated rings. The minimum atomic E-state index is -0.0344. The van der Waals surface area contributed by atoms with Crippen LogP contribution in [0.4, 0.5) is 0 Å². The van der Waals surface area contributed by atoms with Crippen LogP contribution in [0.3, 0.4) is 0 Å². The number of hydrogen-bond acceptors (Lipinski definition) is 3. The van der Waals surface area contributed by atoms with E-state index in [2.05, 4.69) is 91.0 Å². The van der Waals surface area contributed by atoms with Gasteiger partial charge in [0.2, 0.25) is 0 Å². The summed E-state index contributed by atoms with van der Waals surface area (Å²) < 4.78 is 3.40. The molecule has 0 aliphatic heterocycles. The Morgan fingerprint density at radius 2 is 0.976 bits per heavy atom. The Morgan fingerprint density at radius 3 is 1.62 bits per heavy atom. The molecule has 0 amide bonds. The molecule has 5 nitrogen and oxygen atoms in total. The molecule has 2 aromatic heterocycles. The normalized spacial score (nSPS) is 11.2. The summed E-state index contributed by atoms with van der Waals surface area (Å²) in [4.78, 5) is 22.6. The number of imidazole rings is 1. The van der Waals surface area contributed by atoms with Gasteiger partial charge in [-0.05, 0) is 28.8 Å². The van der Waals surface area contributed by atoms with Gasteiger partial charge in [0.15, 0.2) is 5.82 Å². The number of aromatic nitrogens is 4. The van der Waals surface area contributed by atoms with Gasteiger partial charge in [-0.1, -0.05) is 121 Å². The largest absolute Gasteiger partial charge is 0.328 e. The average Bonchev–Trinajstić information content (AvgIpc) is 3.29. The van der Waals surface area contributed by atoms with Crippen LogP contribution in [0.1, 0.15) is 0 Å². The first-order valence-electron chi connectivity index (χ1n) is 13.9. The van der Waals surface area contributed by atoms with Crippen molar-refractivity contribution in [2.75, 3.05) is 0 Å². The highest BCUT2D eigenvalue weighted by atomic mass is 16.1. The molecule has 2 heterocycles. The van der Waals surface area contributed by atoms with Crippen LogP contribution in [0.25, 0.3) is 67.2 Å². The second-order valence-corrected chi connectivity index (χ2v) is 10.4. The van der Waals surface area contributed by atoms with Crippen molar-refractivity contribution < 1.29 is 0 Å². The van der Waals surface area contributed by atoms with E-state index in [0.29, 0.717) is 5.82 Å². The smallest absolute Gasteiger partial charge is 0.295 e. The Bertz CT molecular complexity index is 2090. The lowest BCUT2D eigenvalue weighted by Crippen LogP contribution is -2.19. The van der Waals surface area contributed by atoms with Crippen molar-refractivity contribution in [3.63, 3.8) is 0 Å². The summed E-state index contributed by atoms with van der Waals surface area (Å²) in [5, 5.41) is 0. The summed E-state index contributed by atoms with van der Waals surface area (Å²) in [6.07, 6.45) is 0. The zero-order valence-electron chi connectivity index (χ0n) is 23.4. The molecule has 0 radical (unpaired) electrons. The van der Waals surface area contributed by atoms with E-state index in [-0.39, 0.29) is 5.69 Å². The van der Waals surface area contributed by atoms with E-state index < -0.39 is 0 Å². The highest BCUT2D eigenvalue weighted by Crippen LogP contribution is 2.32. The van der Waals surface area contributed by atoms with Crippen LogP contribution in [0.5, 0.6) is 0 Å². The third-order valence-corrected chi connectivity index (χ3v) is 7.82. The Hall–Kier alpha value is -5.55. The molecule has 7 aromatic rings. The summed E-state index contributed by atoms with van der Waals surface area (Å²) in [6, 6.07) is 45.4. The number of hydrogen-bond donors (Lipinski definition) is 0. The van der Waals surface area contributed by atoms with Crippen LogP contribution in [0.2, 0.25) is 0 Å². The Kier molecular flexibility index (Phi) is 6.32. The predicted molar refractivity (Wildman–Crippen MR) is 171 cm³/mol. The standard InChI is InChI=1S/C37H28N4O/c1-40-34-15-9-14-31(35(34)41(2)37(40)42)27-18-20-29(21-19-27)33-24-32(28-12-7-4-8-13-28)38-36(39-33)30-22-16-26(17-23-30)25-10-5-3-6-11-25/h3-24H,1-2H3. The number of rotatable bonds is 5. The molecule has 42 heavy (non-hydrogen) atoms. The monoisotopic (exact) mass is 544 g/mol. The van der Waals surface area contributed by atoms with E-state index in [1.165, 1.54) is 5.56 Å². The molecule has 5 heteroatoms. The Labute approximate surface area is 244 Å². The Morgan fingerprint density at radius 1 is 0.476 bits per heavy atom. The summed E-state index contributed by atoms with van der Waals surface area (Å²) in [5.41, 5.74) is 10.9. The minimum Gasteiger partial charge on any atom is -0.295 e. The number of fused-ring (bicyclic) bond motifs is 1. The van der Waals surface area contributed by atoms with Crippen molar-refractivity contribution in [2.24, 2.45) is 14.1 Å². The minimum absolute atomic E-state index is 0.0344. The molecular formula is C37H28N4O. The van der Waals surface area contributed by atoms with Gasteiger partial charge >= 0.3 is 5.69 Å². The van der Waals surface area contributed by atoms with E-state index in [9.17, 15) is 4.79 Å². The third-order valence-electron chi connectivity index (χ3n) is 7.82. The van der Waals surface area contributed by atoms with E-state index in [1.807, 2.05) is 56.6 Å². The third kappa shape index (κ3) is 4.51. The topological polar surface area (TPSA) is 52.7 Å².